The third-order valence-corrected chi connectivity index (χ3v) is 3.31. The number of thiocarbonyl (C=S) groups is 1. The molecule has 0 bridgehead atoms. The third kappa shape index (κ3) is 2.28. The SMILES string of the molecule is CN1CC(CCCl)Oc2cnccc2C1=S. The van der Waals surface area contributed by atoms with E-state index in [9.17, 15) is 0 Å². The molecule has 0 aliphatic carbocycles. The number of alkyl halides is 1. The van der Waals surface area contributed by atoms with E-state index in [0.29, 0.717) is 5.88 Å². The van der Waals surface area contributed by atoms with Crippen LogP contribution in [0, 0.1) is 0 Å². The summed E-state index contributed by atoms with van der Waals surface area (Å²) in [6.45, 7) is 0.764. The zero-order chi connectivity index (χ0) is 11.5. The molecule has 0 fully saturated rings. The Morgan fingerprint density at radius 3 is 3.25 bits per heavy atom. The summed E-state index contributed by atoms with van der Waals surface area (Å²) in [5.74, 6) is 1.34. The Labute approximate surface area is 105 Å². The maximum absolute atomic E-state index is 5.86. The molecular weight excluding hydrogens is 244 g/mol. The van der Waals surface area contributed by atoms with Crippen LogP contribution in [-0.2, 0) is 0 Å². The van der Waals surface area contributed by atoms with E-state index in [2.05, 4.69) is 4.98 Å². The second-order valence-corrected chi connectivity index (χ2v) is 4.54. The minimum Gasteiger partial charge on any atom is -0.486 e. The summed E-state index contributed by atoms with van der Waals surface area (Å²) in [7, 11) is 1.97. The minimum atomic E-state index is 0.0749. The predicted octanol–water partition coefficient (Wildman–Crippen LogP) is 2.08. The Balaban J connectivity index is 2.32. The third-order valence-electron chi connectivity index (χ3n) is 2.56. The number of aromatic nitrogens is 1. The van der Waals surface area contributed by atoms with Gasteiger partial charge in [-0.3, -0.25) is 4.98 Å². The first kappa shape index (κ1) is 11.6. The number of likely N-dealkylation sites (N-methyl/N-ethyl adjacent to an activating group) is 1. The van der Waals surface area contributed by atoms with E-state index in [1.54, 1.807) is 12.4 Å². The lowest BCUT2D eigenvalue weighted by atomic mass is 10.2. The second kappa shape index (κ2) is 4.97. The first-order chi connectivity index (χ1) is 7.72. The summed E-state index contributed by atoms with van der Waals surface area (Å²) >= 11 is 11.1. The molecule has 1 aliphatic rings. The zero-order valence-corrected chi connectivity index (χ0v) is 10.6. The van der Waals surface area contributed by atoms with Crippen LogP contribution >= 0.6 is 23.8 Å². The van der Waals surface area contributed by atoms with Crippen LogP contribution in [0.15, 0.2) is 18.5 Å². The van der Waals surface area contributed by atoms with Crippen molar-refractivity contribution in [1.29, 1.82) is 0 Å². The molecule has 0 spiro atoms. The monoisotopic (exact) mass is 256 g/mol. The van der Waals surface area contributed by atoms with Gasteiger partial charge in [0, 0.05) is 19.1 Å². The first-order valence-electron chi connectivity index (χ1n) is 5.14. The zero-order valence-electron chi connectivity index (χ0n) is 9.02. The van der Waals surface area contributed by atoms with Crippen molar-refractivity contribution in [2.24, 2.45) is 0 Å². The maximum atomic E-state index is 5.86. The highest BCUT2D eigenvalue weighted by molar-refractivity contribution is 7.80. The van der Waals surface area contributed by atoms with Crippen molar-refractivity contribution in [3.8, 4) is 5.75 Å². The molecule has 1 aromatic heterocycles. The van der Waals surface area contributed by atoms with Gasteiger partial charge in [0.2, 0.25) is 0 Å². The highest BCUT2D eigenvalue weighted by Gasteiger charge is 2.23. The van der Waals surface area contributed by atoms with Crippen LogP contribution in [0.25, 0.3) is 0 Å². The average molecular weight is 257 g/mol. The summed E-state index contributed by atoms with van der Waals surface area (Å²) in [5, 5.41) is 0. The summed E-state index contributed by atoms with van der Waals surface area (Å²) in [4.78, 5) is 6.88. The van der Waals surface area contributed by atoms with Gasteiger partial charge in [0.1, 0.15) is 16.8 Å². The molecule has 0 radical (unpaired) electrons. The van der Waals surface area contributed by atoms with Gasteiger partial charge in [0.05, 0.1) is 18.3 Å². The largest absolute Gasteiger partial charge is 0.486 e. The lowest BCUT2D eigenvalue weighted by molar-refractivity contribution is 0.178. The molecule has 86 valence electrons. The molecule has 0 aromatic carbocycles. The number of ether oxygens (including phenoxy) is 1. The molecule has 0 N–H and O–H groups in total. The molecule has 1 aliphatic heterocycles. The van der Waals surface area contributed by atoms with Crippen molar-refractivity contribution < 1.29 is 4.74 Å². The quantitative estimate of drug-likeness (QED) is 0.598. The highest BCUT2D eigenvalue weighted by Crippen LogP contribution is 2.24. The molecule has 1 unspecified atom stereocenters. The van der Waals surface area contributed by atoms with Gasteiger partial charge in [-0.1, -0.05) is 12.2 Å². The number of rotatable bonds is 2. The lowest BCUT2D eigenvalue weighted by Gasteiger charge is -2.20. The van der Waals surface area contributed by atoms with Gasteiger partial charge in [-0.2, -0.15) is 0 Å². The van der Waals surface area contributed by atoms with Crippen molar-refractivity contribution in [2.45, 2.75) is 12.5 Å². The number of nitrogens with zero attached hydrogens (tertiary/aromatic N) is 2. The summed E-state index contributed by atoms with van der Waals surface area (Å²) in [5.41, 5.74) is 0.935. The Morgan fingerprint density at radius 2 is 2.50 bits per heavy atom. The number of hydrogen-bond donors (Lipinski definition) is 0. The fourth-order valence-corrected chi connectivity index (χ4v) is 2.22. The molecule has 1 aromatic rings. The molecule has 0 amide bonds. The van der Waals surface area contributed by atoms with Crippen LogP contribution in [0.4, 0.5) is 0 Å². The molecule has 2 rings (SSSR count). The summed E-state index contributed by atoms with van der Waals surface area (Å²) in [6.07, 6.45) is 4.32. The Hall–Kier alpha value is -0.870. The minimum absolute atomic E-state index is 0.0749. The van der Waals surface area contributed by atoms with Crippen molar-refractivity contribution in [3.05, 3.63) is 24.0 Å². The average Bonchev–Trinajstić information content (AvgIpc) is 2.39. The van der Waals surface area contributed by atoms with Crippen LogP contribution in [0.5, 0.6) is 5.75 Å². The van der Waals surface area contributed by atoms with Gasteiger partial charge in [-0.05, 0) is 12.5 Å². The van der Waals surface area contributed by atoms with Gasteiger partial charge < -0.3 is 9.64 Å². The van der Waals surface area contributed by atoms with E-state index in [1.807, 2.05) is 18.0 Å². The Kier molecular flexibility index (Phi) is 3.61. The number of hydrogen-bond acceptors (Lipinski definition) is 3. The van der Waals surface area contributed by atoms with Gasteiger partial charge in [-0.25, -0.2) is 0 Å². The highest BCUT2D eigenvalue weighted by atomic mass is 35.5. The van der Waals surface area contributed by atoms with Crippen LogP contribution in [-0.4, -0.2) is 40.4 Å². The van der Waals surface area contributed by atoms with Crippen molar-refractivity contribution in [2.75, 3.05) is 19.5 Å². The van der Waals surface area contributed by atoms with Gasteiger partial charge in [0.25, 0.3) is 0 Å². The van der Waals surface area contributed by atoms with Crippen LogP contribution in [0.3, 0.4) is 0 Å². The van der Waals surface area contributed by atoms with E-state index < -0.39 is 0 Å². The van der Waals surface area contributed by atoms with Crippen molar-refractivity contribution in [1.82, 2.24) is 9.88 Å². The normalized spacial score (nSPS) is 20.0. The molecule has 0 saturated heterocycles. The van der Waals surface area contributed by atoms with Crippen molar-refractivity contribution in [3.63, 3.8) is 0 Å². The fourth-order valence-electron chi connectivity index (χ4n) is 1.73. The second-order valence-electron chi connectivity index (χ2n) is 3.78. The lowest BCUT2D eigenvalue weighted by Crippen LogP contribution is -2.33. The molecule has 0 saturated carbocycles. The first-order valence-corrected chi connectivity index (χ1v) is 6.08. The van der Waals surface area contributed by atoms with Crippen molar-refractivity contribution >= 4 is 28.8 Å². The Morgan fingerprint density at radius 1 is 1.69 bits per heavy atom. The Bertz CT molecular complexity index is 399. The summed E-state index contributed by atoms with van der Waals surface area (Å²) in [6, 6.07) is 1.89. The van der Waals surface area contributed by atoms with E-state index in [1.165, 1.54) is 0 Å². The van der Waals surface area contributed by atoms with Gasteiger partial charge >= 0.3 is 0 Å². The molecule has 3 nitrogen and oxygen atoms in total. The molecule has 16 heavy (non-hydrogen) atoms. The number of fused-ring (bicyclic) bond motifs is 1. The molecule has 1 atom stereocenters. The predicted molar refractivity (Wildman–Crippen MR) is 68.3 cm³/mol. The van der Waals surface area contributed by atoms with Crippen LogP contribution in [0.1, 0.15) is 12.0 Å². The van der Waals surface area contributed by atoms with Gasteiger partial charge in [0.15, 0.2) is 0 Å². The topological polar surface area (TPSA) is 25.4 Å². The van der Waals surface area contributed by atoms with E-state index in [0.717, 1.165) is 29.3 Å². The van der Waals surface area contributed by atoms with Gasteiger partial charge in [-0.15, -0.1) is 11.6 Å². The molecular formula is C11H13ClN2OS. The van der Waals surface area contributed by atoms with Crippen LogP contribution < -0.4 is 4.74 Å². The van der Waals surface area contributed by atoms with E-state index in [-0.39, 0.29) is 6.10 Å². The standard InChI is InChI=1S/C11H13ClN2OS/c1-14-7-8(2-4-12)15-10-6-13-5-3-9(10)11(14)16/h3,5-6,8H,2,4,7H2,1H3. The van der Waals surface area contributed by atoms with E-state index in [4.69, 9.17) is 28.6 Å². The number of halogens is 1. The van der Waals surface area contributed by atoms with E-state index >= 15 is 0 Å². The fraction of sp³-hybridized carbons (Fsp3) is 0.455. The number of pyridine rings is 1. The van der Waals surface area contributed by atoms with Crippen LogP contribution in [0.2, 0.25) is 0 Å². The smallest absolute Gasteiger partial charge is 0.148 e. The molecule has 2 heterocycles. The summed E-state index contributed by atoms with van der Waals surface area (Å²) < 4.78 is 5.86. The molecule has 5 heteroatoms. The maximum Gasteiger partial charge on any atom is 0.148 e.